The predicted molar refractivity (Wildman–Crippen MR) is 70.3 cm³/mol. The third-order valence-corrected chi connectivity index (χ3v) is 3.75. The van der Waals surface area contributed by atoms with Crippen molar-refractivity contribution in [3.63, 3.8) is 0 Å². The number of hydrogen-bond acceptors (Lipinski definition) is 3. The molecule has 96 valence electrons. The summed E-state index contributed by atoms with van der Waals surface area (Å²) in [5.41, 5.74) is 0.470. The molecular weight excluding hydrogens is 266 g/mol. The molecule has 1 aromatic heterocycles. The second-order valence-electron chi connectivity index (χ2n) is 4.71. The van der Waals surface area contributed by atoms with E-state index in [1.165, 1.54) is 0 Å². The third-order valence-electron chi connectivity index (χ3n) is 3.43. The summed E-state index contributed by atoms with van der Waals surface area (Å²) in [4.78, 5) is 27.0. The van der Waals surface area contributed by atoms with Crippen molar-refractivity contribution in [3.05, 3.63) is 41.2 Å². The predicted octanol–water partition coefficient (Wildman–Crippen LogP) is 2.79. The first kappa shape index (κ1) is 12.1. The van der Waals surface area contributed by atoms with Crippen LogP contribution in [0, 0.1) is 11.8 Å². The molecular formula is C14H10ClNO3. The Morgan fingerprint density at radius 1 is 1.32 bits per heavy atom. The molecule has 1 aliphatic rings. The summed E-state index contributed by atoms with van der Waals surface area (Å²) < 4.78 is 0. The van der Waals surface area contributed by atoms with Crippen LogP contribution in [0.25, 0.3) is 10.8 Å². The van der Waals surface area contributed by atoms with Gasteiger partial charge in [-0.1, -0.05) is 11.6 Å². The molecule has 1 N–H and O–H groups in total. The molecule has 1 heterocycles. The summed E-state index contributed by atoms with van der Waals surface area (Å²) in [5.74, 6) is -2.00. The van der Waals surface area contributed by atoms with Crippen LogP contribution in [-0.4, -0.2) is 21.8 Å². The number of carboxylic acid groups (broad SMARTS) is 1. The van der Waals surface area contributed by atoms with Gasteiger partial charge in [-0.3, -0.25) is 14.6 Å². The maximum absolute atomic E-state index is 12.2. The third kappa shape index (κ3) is 2.08. The fourth-order valence-corrected chi connectivity index (χ4v) is 2.54. The zero-order valence-electron chi connectivity index (χ0n) is 9.84. The summed E-state index contributed by atoms with van der Waals surface area (Å²) in [5, 5.41) is 10.9. The van der Waals surface area contributed by atoms with Crippen LogP contribution in [0.5, 0.6) is 0 Å². The van der Waals surface area contributed by atoms with Crippen molar-refractivity contribution >= 4 is 34.1 Å². The Kier molecular flexibility index (Phi) is 2.75. The largest absolute Gasteiger partial charge is 0.481 e. The van der Waals surface area contributed by atoms with E-state index in [4.69, 9.17) is 16.7 Å². The fourth-order valence-electron chi connectivity index (χ4n) is 2.27. The number of ketones is 1. The lowest BCUT2D eigenvalue weighted by Gasteiger charge is -2.04. The number of halogens is 1. The number of carboxylic acids is 1. The lowest BCUT2D eigenvalue weighted by Crippen LogP contribution is -2.08. The van der Waals surface area contributed by atoms with E-state index in [9.17, 15) is 9.59 Å². The zero-order chi connectivity index (χ0) is 13.6. The van der Waals surface area contributed by atoms with Crippen molar-refractivity contribution in [2.45, 2.75) is 6.42 Å². The lowest BCUT2D eigenvalue weighted by atomic mass is 10.0. The fraction of sp³-hybridized carbons (Fsp3) is 0.214. The molecule has 2 atom stereocenters. The topological polar surface area (TPSA) is 67.3 Å². The van der Waals surface area contributed by atoms with Crippen LogP contribution >= 0.6 is 11.6 Å². The highest BCUT2D eigenvalue weighted by atomic mass is 35.5. The number of aliphatic carboxylic acids is 1. The summed E-state index contributed by atoms with van der Waals surface area (Å²) in [6.07, 6.45) is 3.69. The van der Waals surface area contributed by atoms with Gasteiger partial charge in [-0.05, 0) is 30.0 Å². The van der Waals surface area contributed by atoms with Crippen molar-refractivity contribution in [1.29, 1.82) is 0 Å². The first-order chi connectivity index (χ1) is 9.08. The average Bonchev–Trinajstić information content (AvgIpc) is 3.18. The van der Waals surface area contributed by atoms with Gasteiger partial charge in [0, 0.05) is 29.3 Å². The van der Waals surface area contributed by atoms with Crippen LogP contribution < -0.4 is 0 Å². The number of carbonyl (C=O) groups excluding carboxylic acids is 1. The molecule has 0 bridgehead atoms. The Morgan fingerprint density at radius 2 is 2.11 bits per heavy atom. The highest BCUT2D eigenvalue weighted by Crippen LogP contribution is 2.41. The molecule has 0 spiro atoms. The van der Waals surface area contributed by atoms with Crippen LogP contribution in [0.2, 0.25) is 5.02 Å². The van der Waals surface area contributed by atoms with Crippen molar-refractivity contribution in [2.75, 3.05) is 0 Å². The highest BCUT2D eigenvalue weighted by Gasteiger charge is 2.48. The second-order valence-corrected chi connectivity index (χ2v) is 5.11. The molecule has 0 amide bonds. The Balaban J connectivity index is 1.98. The van der Waals surface area contributed by atoms with Gasteiger partial charge in [0.05, 0.1) is 10.9 Å². The Bertz CT molecular complexity index is 698. The number of hydrogen-bond donors (Lipinski definition) is 1. The van der Waals surface area contributed by atoms with Gasteiger partial charge in [0.2, 0.25) is 0 Å². The average molecular weight is 276 g/mol. The van der Waals surface area contributed by atoms with Gasteiger partial charge in [0.25, 0.3) is 0 Å². The van der Waals surface area contributed by atoms with Crippen LogP contribution in [0.3, 0.4) is 0 Å². The summed E-state index contributed by atoms with van der Waals surface area (Å²) >= 11 is 6.12. The van der Waals surface area contributed by atoms with Crippen LogP contribution in [0.4, 0.5) is 0 Å². The van der Waals surface area contributed by atoms with Crippen LogP contribution in [0.15, 0.2) is 30.6 Å². The lowest BCUT2D eigenvalue weighted by molar-refractivity contribution is -0.138. The van der Waals surface area contributed by atoms with Crippen LogP contribution in [0.1, 0.15) is 16.8 Å². The van der Waals surface area contributed by atoms with Gasteiger partial charge in [-0.25, -0.2) is 0 Å². The molecule has 1 saturated carbocycles. The molecule has 0 unspecified atom stereocenters. The van der Waals surface area contributed by atoms with Crippen molar-refractivity contribution < 1.29 is 14.7 Å². The zero-order valence-corrected chi connectivity index (χ0v) is 10.6. The number of fused-ring (bicyclic) bond motifs is 1. The number of carbonyl (C=O) groups is 2. The molecule has 0 saturated heterocycles. The quantitative estimate of drug-likeness (QED) is 0.875. The van der Waals surface area contributed by atoms with Crippen molar-refractivity contribution in [1.82, 2.24) is 4.98 Å². The molecule has 0 radical (unpaired) electrons. The number of pyridine rings is 1. The minimum absolute atomic E-state index is 0.145. The maximum Gasteiger partial charge on any atom is 0.307 e. The maximum atomic E-state index is 12.2. The van der Waals surface area contributed by atoms with Gasteiger partial charge in [-0.15, -0.1) is 0 Å². The first-order valence-electron chi connectivity index (χ1n) is 5.88. The molecule has 2 aromatic rings. The Hall–Kier alpha value is -1.94. The number of rotatable bonds is 3. The van der Waals surface area contributed by atoms with E-state index in [1.54, 1.807) is 30.6 Å². The second kappa shape index (κ2) is 4.31. The SMILES string of the molecule is O=C(O)[C@H]1C[C@@H]1C(=O)c1cc(Cl)c2cnccc2c1. The molecule has 0 aliphatic heterocycles. The first-order valence-corrected chi connectivity index (χ1v) is 6.26. The van der Waals surface area contributed by atoms with Gasteiger partial charge >= 0.3 is 5.97 Å². The van der Waals surface area contributed by atoms with E-state index in [-0.39, 0.29) is 5.78 Å². The number of aromatic nitrogens is 1. The van der Waals surface area contributed by atoms with E-state index in [2.05, 4.69) is 4.98 Å². The molecule has 3 rings (SSSR count). The molecule has 19 heavy (non-hydrogen) atoms. The van der Waals surface area contributed by atoms with E-state index in [1.807, 2.05) is 0 Å². The summed E-state index contributed by atoms with van der Waals surface area (Å²) in [7, 11) is 0. The Labute approximate surface area is 114 Å². The van der Waals surface area contributed by atoms with Gasteiger partial charge in [0.1, 0.15) is 0 Å². The highest BCUT2D eigenvalue weighted by molar-refractivity contribution is 6.36. The smallest absolute Gasteiger partial charge is 0.307 e. The van der Waals surface area contributed by atoms with Crippen LogP contribution in [-0.2, 0) is 4.79 Å². The minimum Gasteiger partial charge on any atom is -0.481 e. The monoisotopic (exact) mass is 275 g/mol. The van der Waals surface area contributed by atoms with Gasteiger partial charge in [0.15, 0.2) is 5.78 Å². The molecule has 1 fully saturated rings. The molecule has 1 aromatic carbocycles. The molecule has 5 heteroatoms. The number of benzene rings is 1. The summed E-state index contributed by atoms with van der Waals surface area (Å²) in [6.45, 7) is 0. The van der Waals surface area contributed by atoms with E-state index in [0.717, 1.165) is 10.8 Å². The number of nitrogens with zero attached hydrogens (tertiary/aromatic N) is 1. The minimum atomic E-state index is -0.908. The van der Waals surface area contributed by atoms with Gasteiger partial charge in [-0.2, -0.15) is 0 Å². The number of Topliss-reactive ketones (excluding diaryl/α,β-unsaturated/α-hetero) is 1. The molecule has 1 aliphatic carbocycles. The molecule has 4 nitrogen and oxygen atoms in total. The standard InChI is InChI=1S/C14H10ClNO3/c15-12-4-8(3-7-1-2-16-6-11(7)12)13(17)9-5-10(9)14(18)19/h1-4,6,9-10H,5H2,(H,18,19)/t9-,10-/m0/s1. The van der Waals surface area contributed by atoms with E-state index < -0.39 is 17.8 Å². The summed E-state index contributed by atoms with van der Waals surface area (Å²) in [6, 6.07) is 5.10. The van der Waals surface area contributed by atoms with E-state index in [0.29, 0.717) is 17.0 Å². The van der Waals surface area contributed by atoms with Crippen molar-refractivity contribution in [2.24, 2.45) is 11.8 Å². The van der Waals surface area contributed by atoms with Gasteiger partial charge < -0.3 is 5.11 Å². The Morgan fingerprint density at radius 3 is 2.79 bits per heavy atom. The van der Waals surface area contributed by atoms with E-state index >= 15 is 0 Å². The van der Waals surface area contributed by atoms with Crippen molar-refractivity contribution in [3.8, 4) is 0 Å². The normalized spacial score (nSPS) is 21.3.